The molecule has 2 nitrogen and oxygen atoms in total. The first-order chi connectivity index (χ1) is 7.54. The van der Waals surface area contributed by atoms with Gasteiger partial charge in [-0.3, -0.25) is 0 Å². The van der Waals surface area contributed by atoms with E-state index >= 15 is 0 Å². The van der Waals surface area contributed by atoms with Gasteiger partial charge in [0.1, 0.15) is 0 Å². The average Bonchev–Trinajstić information content (AvgIpc) is 2.16. The molecule has 0 aliphatic carbocycles. The Balaban J connectivity index is 4.46. The number of hydrogen-bond donors (Lipinski definition) is 0. The molecule has 0 saturated carbocycles. The molecule has 0 rings (SSSR count). The quantitative estimate of drug-likeness (QED) is 0.688. The molecule has 0 amide bonds. The Morgan fingerprint density at radius 1 is 0.647 bits per heavy atom. The molecule has 0 saturated heterocycles. The van der Waals surface area contributed by atoms with Crippen LogP contribution in [0.4, 0.5) is 0 Å². The molecule has 0 fully saturated rings. The maximum absolute atomic E-state index is 5.96. The van der Waals surface area contributed by atoms with Crippen molar-refractivity contribution in [1.82, 2.24) is 0 Å². The highest BCUT2D eigenvalue weighted by Gasteiger charge is 2.30. The molecule has 0 unspecified atom stereocenters. The van der Waals surface area contributed by atoms with Gasteiger partial charge in [-0.2, -0.15) is 0 Å². The van der Waals surface area contributed by atoms with E-state index in [2.05, 4.69) is 55.4 Å². The van der Waals surface area contributed by atoms with Gasteiger partial charge in [-0.1, -0.05) is 13.8 Å². The minimum Gasteiger partial charge on any atom is -0.375 e. The van der Waals surface area contributed by atoms with Gasteiger partial charge in [0.15, 0.2) is 0 Å². The van der Waals surface area contributed by atoms with Crippen LogP contribution in [-0.4, -0.2) is 24.4 Å². The SMILES string of the molecule is CCC(CC)(COC(C)(C)C)COC(C)(C)C. The predicted octanol–water partition coefficient (Wildman–Crippen LogP) is 4.42. The van der Waals surface area contributed by atoms with Crippen LogP contribution >= 0.6 is 0 Å². The first-order valence-corrected chi connectivity index (χ1v) is 6.81. The van der Waals surface area contributed by atoms with Crippen molar-refractivity contribution in [2.45, 2.75) is 79.4 Å². The topological polar surface area (TPSA) is 18.5 Å². The van der Waals surface area contributed by atoms with Gasteiger partial charge in [-0.15, -0.1) is 0 Å². The molecule has 2 heteroatoms. The molecular weight excluding hydrogens is 212 g/mol. The van der Waals surface area contributed by atoms with Crippen molar-refractivity contribution >= 4 is 0 Å². The number of hydrogen-bond acceptors (Lipinski definition) is 2. The van der Waals surface area contributed by atoms with Crippen LogP contribution in [0.25, 0.3) is 0 Å². The van der Waals surface area contributed by atoms with Crippen molar-refractivity contribution < 1.29 is 9.47 Å². The third-order valence-corrected chi connectivity index (χ3v) is 3.12. The lowest BCUT2D eigenvalue weighted by Gasteiger charge is -2.36. The second-order valence-corrected chi connectivity index (χ2v) is 7.01. The summed E-state index contributed by atoms with van der Waals surface area (Å²) in [5.41, 5.74) is 0.00913. The van der Waals surface area contributed by atoms with Gasteiger partial charge in [0, 0.05) is 5.41 Å². The third-order valence-electron chi connectivity index (χ3n) is 3.12. The summed E-state index contributed by atoms with van der Waals surface area (Å²) >= 11 is 0. The van der Waals surface area contributed by atoms with E-state index in [-0.39, 0.29) is 16.6 Å². The summed E-state index contributed by atoms with van der Waals surface area (Å²) in [6.45, 7) is 18.6. The summed E-state index contributed by atoms with van der Waals surface area (Å²) in [6, 6.07) is 0. The lowest BCUT2D eigenvalue weighted by Crippen LogP contribution is -2.37. The fourth-order valence-electron chi connectivity index (χ4n) is 1.44. The second kappa shape index (κ2) is 6.19. The smallest absolute Gasteiger partial charge is 0.0598 e. The summed E-state index contributed by atoms with van der Waals surface area (Å²) < 4.78 is 11.9. The summed E-state index contributed by atoms with van der Waals surface area (Å²) in [6.07, 6.45) is 2.19. The Morgan fingerprint density at radius 3 is 1.12 bits per heavy atom. The summed E-state index contributed by atoms with van der Waals surface area (Å²) in [5, 5.41) is 0. The van der Waals surface area contributed by atoms with Crippen LogP contribution in [0.3, 0.4) is 0 Å². The molecule has 0 N–H and O–H groups in total. The van der Waals surface area contributed by atoms with Crippen molar-refractivity contribution in [1.29, 1.82) is 0 Å². The zero-order chi connectivity index (χ0) is 13.7. The van der Waals surface area contributed by atoms with Crippen LogP contribution in [-0.2, 0) is 9.47 Å². The van der Waals surface area contributed by atoms with Gasteiger partial charge in [-0.25, -0.2) is 0 Å². The molecule has 0 aromatic carbocycles. The highest BCUT2D eigenvalue weighted by atomic mass is 16.5. The monoisotopic (exact) mass is 244 g/mol. The fourth-order valence-corrected chi connectivity index (χ4v) is 1.44. The zero-order valence-corrected chi connectivity index (χ0v) is 13.1. The maximum Gasteiger partial charge on any atom is 0.0598 e. The van der Waals surface area contributed by atoms with Crippen molar-refractivity contribution in [2.24, 2.45) is 5.41 Å². The molecular formula is C15H32O2. The molecule has 0 atom stereocenters. The summed E-state index contributed by atoms with van der Waals surface area (Å²) in [4.78, 5) is 0. The van der Waals surface area contributed by atoms with Crippen LogP contribution in [0.2, 0.25) is 0 Å². The Morgan fingerprint density at radius 2 is 0.941 bits per heavy atom. The Bertz CT molecular complexity index is 184. The van der Waals surface area contributed by atoms with Crippen molar-refractivity contribution in [3.63, 3.8) is 0 Å². The molecule has 0 aliphatic heterocycles. The van der Waals surface area contributed by atoms with E-state index in [0.717, 1.165) is 26.1 Å². The first kappa shape index (κ1) is 16.9. The molecule has 0 aromatic heterocycles. The fraction of sp³-hybridized carbons (Fsp3) is 1.00. The lowest BCUT2D eigenvalue weighted by atomic mass is 9.83. The van der Waals surface area contributed by atoms with Gasteiger partial charge < -0.3 is 9.47 Å². The first-order valence-electron chi connectivity index (χ1n) is 6.81. The largest absolute Gasteiger partial charge is 0.375 e. The van der Waals surface area contributed by atoms with Gasteiger partial charge in [0.25, 0.3) is 0 Å². The van der Waals surface area contributed by atoms with E-state index in [1.165, 1.54) is 0 Å². The molecule has 17 heavy (non-hydrogen) atoms. The van der Waals surface area contributed by atoms with E-state index in [9.17, 15) is 0 Å². The molecule has 0 heterocycles. The zero-order valence-electron chi connectivity index (χ0n) is 13.1. The van der Waals surface area contributed by atoms with E-state index < -0.39 is 0 Å². The van der Waals surface area contributed by atoms with Gasteiger partial charge in [0.05, 0.1) is 24.4 Å². The van der Waals surface area contributed by atoms with Crippen molar-refractivity contribution in [3.05, 3.63) is 0 Å². The van der Waals surface area contributed by atoms with Crippen LogP contribution in [0, 0.1) is 5.41 Å². The van der Waals surface area contributed by atoms with Gasteiger partial charge in [0.2, 0.25) is 0 Å². The van der Waals surface area contributed by atoms with Crippen LogP contribution in [0.1, 0.15) is 68.2 Å². The summed E-state index contributed by atoms with van der Waals surface area (Å²) in [7, 11) is 0. The normalized spacial score (nSPS) is 14.1. The molecule has 0 aliphatic rings. The average molecular weight is 244 g/mol. The molecule has 104 valence electrons. The van der Waals surface area contributed by atoms with Gasteiger partial charge in [-0.05, 0) is 54.4 Å². The molecule has 0 bridgehead atoms. The molecule has 0 aromatic rings. The van der Waals surface area contributed by atoms with E-state index in [1.807, 2.05) is 0 Å². The van der Waals surface area contributed by atoms with Crippen LogP contribution in [0.5, 0.6) is 0 Å². The standard InChI is InChI=1S/C15H32O2/c1-9-15(10-2,11-16-13(3,4)5)12-17-14(6,7)8/h9-12H2,1-8H3. The Hall–Kier alpha value is -0.0800. The van der Waals surface area contributed by atoms with Crippen molar-refractivity contribution in [3.8, 4) is 0 Å². The number of ether oxygens (including phenoxy) is 2. The Labute approximate surface area is 108 Å². The summed E-state index contributed by atoms with van der Waals surface area (Å²) in [5.74, 6) is 0. The molecule has 0 spiro atoms. The predicted molar refractivity (Wildman–Crippen MR) is 74.4 cm³/mol. The van der Waals surface area contributed by atoms with Crippen LogP contribution in [0.15, 0.2) is 0 Å². The number of rotatable bonds is 6. The minimum absolute atomic E-state index is 0.0721. The second-order valence-electron chi connectivity index (χ2n) is 7.01. The highest BCUT2D eigenvalue weighted by molar-refractivity contribution is 4.79. The van der Waals surface area contributed by atoms with Crippen molar-refractivity contribution in [2.75, 3.05) is 13.2 Å². The van der Waals surface area contributed by atoms with Crippen LogP contribution < -0.4 is 0 Å². The molecule has 0 radical (unpaired) electrons. The lowest BCUT2D eigenvalue weighted by molar-refractivity contribution is -0.110. The van der Waals surface area contributed by atoms with E-state index in [4.69, 9.17) is 9.47 Å². The highest BCUT2D eigenvalue weighted by Crippen LogP contribution is 2.30. The maximum atomic E-state index is 5.96. The van der Waals surface area contributed by atoms with Gasteiger partial charge >= 0.3 is 0 Å². The minimum atomic E-state index is -0.0721. The van der Waals surface area contributed by atoms with E-state index in [1.54, 1.807) is 0 Å². The van der Waals surface area contributed by atoms with E-state index in [0.29, 0.717) is 0 Å². The third kappa shape index (κ3) is 7.77. The Kier molecular flexibility index (Phi) is 6.16.